The molecule has 0 aliphatic carbocycles. The number of hydrogen-bond donors (Lipinski definition) is 1. The van der Waals surface area contributed by atoms with Crippen LogP contribution in [-0.4, -0.2) is 12.8 Å². The Labute approximate surface area is 83.9 Å². The van der Waals surface area contributed by atoms with Gasteiger partial charge in [-0.05, 0) is 25.1 Å². The minimum absolute atomic E-state index is 0. The number of Topliss-reactive ketones (excluding diaryl/α,β-unsaturated/α-hetero) is 1. The van der Waals surface area contributed by atoms with Gasteiger partial charge in [0.05, 0.1) is 5.02 Å². The highest BCUT2D eigenvalue weighted by atomic mass is 35.5. The maximum Gasteiger partial charge on any atom is 0.161 e. The van der Waals surface area contributed by atoms with E-state index in [4.69, 9.17) is 11.6 Å². The average Bonchev–Trinajstić information content (AvgIpc) is 2.03. The van der Waals surface area contributed by atoms with Crippen molar-refractivity contribution in [3.63, 3.8) is 0 Å². The van der Waals surface area contributed by atoms with Crippen LogP contribution in [0.2, 0.25) is 5.02 Å². The minimum Gasteiger partial charge on any atom is -0.388 e. The molecule has 72 valence electrons. The highest BCUT2D eigenvalue weighted by Gasteiger charge is 2.04. The van der Waals surface area contributed by atoms with E-state index in [1.54, 1.807) is 19.2 Å². The molecular weight excluding hydrogens is 186 g/mol. The minimum atomic E-state index is -0.0114. The van der Waals surface area contributed by atoms with Gasteiger partial charge in [0, 0.05) is 18.3 Å². The molecule has 0 fully saturated rings. The molecule has 0 aliphatic rings. The molecule has 0 spiro atoms. The van der Waals surface area contributed by atoms with E-state index in [-0.39, 0.29) is 13.2 Å². The van der Waals surface area contributed by atoms with Crippen molar-refractivity contribution in [3.8, 4) is 0 Å². The van der Waals surface area contributed by atoms with E-state index in [2.05, 4.69) is 5.32 Å². The summed E-state index contributed by atoms with van der Waals surface area (Å²) in [5.74, 6) is -0.0114. The lowest BCUT2D eigenvalue weighted by atomic mass is 10.1. The molecule has 0 aliphatic heterocycles. The van der Waals surface area contributed by atoms with Gasteiger partial charge in [-0.3, -0.25) is 4.79 Å². The zero-order chi connectivity index (χ0) is 9.14. The third kappa shape index (κ3) is 2.74. The molecular formula is C10H14ClNO. The average molecular weight is 200 g/mol. The maximum atomic E-state index is 11.0. The topological polar surface area (TPSA) is 29.1 Å². The second-order valence-corrected chi connectivity index (χ2v) is 2.91. The smallest absolute Gasteiger partial charge is 0.161 e. The molecule has 1 rings (SSSR count). The second kappa shape index (κ2) is 4.87. The van der Waals surface area contributed by atoms with Crippen molar-refractivity contribution >= 4 is 23.1 Å². The second-order valence-electron chi connectivity index (χ2n) is 2.50. The van der Waals surface area contributed by atoms with Gasteiger partial charge in [0.25, 0.3) is 0 Å². The van der Waals surface area contributed by atoms with Crippen molar-refractivity contribution in [2.45, 2.75) is 14.4 Å². The first-order chi connectivity index (χ1) is 5.65. The van der Waals surface area contributed by atoms with E-state index in [0.29, 0.717) is 10.6 Å². The number of benzene rings is 1. The molecule has 0 atom stereocenters. The Bertz CT molecular complexity index is 310. The Hall–Kier alpha value is -1.02. The molecule has 1 aromatic rings. The van der Waals surface area contributed by atoms with Crippen LogP contribution in [-0.2, 0) is 0 Å². The van der Waals surface area contributed by atoms with E-state index >= 15 is 0 Å². The molecule has 1 N–H and O–H groups in total. The molecule has 1 aromatic carbocycles. The Morgan fingerprint density at radius 1 is 1.46 bits per heavy atom. The van der Waals surface area contributed by atoms with Gasteiger partial charge >= 0.3 is 0 Å². The molecule has 0 radical (unpaired) electrons. The van der Waals surface area contributed by atoms with E-state index < -0.39 is 0 Å². The molecule has 2 nitrogen and oxygen atoms in total. The Balaban J connectivity index is 0.00000144. The predicted octanol–water partition coefficient (Wildman–Crippen LogP) is 3.22. The Kier molecular flexibility index (Phi) is 4.49. The van der Waals surface area contributed by atoms with Crippen LogP contribution in [0.25, 0.3) is 0 Å². The summed E-state index contributed by atoms with van der Waals surface area (Å²) in [6.07, 6.45) is 0. The summed E-state index contributed by atoms with van der Waals surface area (Å²) in [5.41, 5.74) is 1.47. The fourth-order valence-corrected chi connectivity index (χ4v) is 1.27. The predicted molar refractivity (Wildman–Crippen MR) is 57.7 cm³/mol. The van der Waals surface area contributed by atoms with Crippen LogP contribution in [0.15, 0.2) is 18.2 Å². The molecule has 0 aromatic heterocycles. The van der Waals surface area contributed by atoms with E-state index in [0.717, 1.165) is 5.69 Å². The fourth-order valence-electron chi connectivity index (χ4n) is 0.956. The van der Waals surface area contributed by atoms with Crippen LogP contribution in [0, 0.1) is 0 Å². The van der Waals surface area contributed by atoms with Gasteiger partial charge in [-0.25, -0.2) is 0 Å². The van der Waals surface area contributed by atoms with Crippen LogP contribution in [0.3, 0.4) is 0 Å². The molecule has 0 saturated heterocycles. The van der Waals surface area contributed by atoms with Gasteiger partial charge in [0.1, 0.15) is 0 Å². The van der Waals surface area contributed by atoms with Gasteiger partial charge in [-0.15, -0.1) is 0 Å². The molecule has 0 bridgehead atoms. The summed E-state index contributed by atoms with van der Waals surface area (Å²) in [7, 11) is 1.80. The van der Waals surface area contributed by atoms with Crippen molar-refractivity contribution in [1.29, 1.82) is 0 Å². The monoisotopic (exact) mass is 199 g/mol. The molecule has 0 heterocycles. The fraction of sp³-hybridized carbons (Fsp3) is 0.300. The lowest BCUT2D eigenvalue weighted by Crippen LogP contribution is -1.95. The van der Waals surface area contributed by atoms with E-state index in [1.807, 2.05) is 6.07 Å². The van der Waals surface area contributed by atoms with Crippen molar-refractivity contribution < 1.29 is 4.79 Å². The maximum absolute atomic E-state index is 11.0. The van der Waals surface area contributed by atoms with Crippen molar-refractivity contribution in [2.24, 2.45) is 0 Å². The molecule has 0 amide bonds. The first-order valence-corrected chi connectivity index (χ1v) is 4.01. The van der Waals surface area contributed by atoms with Crippen LogP contribution in [0.1, 0.15) is 24.7 Å². The normalized spacial score (nSPS) is 8.85. The summed E-state index contributed by atoms with van der Waals surface area (Å²) in [6, 6.07) is 5.28. The zero-order valence-electron chi connectivity index (χ0n) is 7.02. The first-order valence-electron chi connectivity index (χ1n) is 3.63. The number of rotatable bonds is 2. The van der Waals surface area contributed by atoms with E-state index in [1.165, 1.54) is 6.92 Å². The van der Waals surface area contributed by atoms with Crippen LogP contribution in [0.5, 0.6) is 0 Å². The van der Waals surface area contributed by atoms with Gasteiger partial charge in [-0.2, -0.15) is 0 Å². The Morgan fingerprint density at radius 2 is 2.08 bits per heavy atom. The molecule has 0 saturated carbocycles. The number of nitrogens with one attached hydrogen (secondary N) is 1. The first kappa shape index (κ1) is 12.0. The number of carbonyl (C=O) groups is 1. The number of ketones is 1. The Morgan fingerprint density at radius 3 is 2.46 bits per heavy atom. The van der Waals surface area contributed by atoms with Crippen molar-refractivity contribution in [1.82, 2.24) is 0 Å². The zero-order valence-corrected chi connectivity index (χ0v) is 7.77. The largest absolute Gasteiger partial charge is 0.388 e. The van der Waals surface area contributed by atoms with Crippen LogP contribution in [0.4, 0.5) is 5.69 Å². The van der Waals surface area contributed by atoms with E-state index in [9.17, 15) is 4.79 Å². The lowest BCUT2D eigenvalue weighted by Gasteiger charge is -2.03. The van der Waals surface area contributed by atoms with Crippen molar-refractivity contribution in [3.05, 3.63) is 28.8 Å². The summed E-state index contributed by atoms with van der Waals surface area (Å²) >= 11 is 5.84. The highest BCUT2D eigenvalue weighted by Crippen LogP contribution is 2.20. The third-order valence-electron chi connectivity index (χ3n) is 1.64. The van der Waals surface area contributed by atoms with Gasteiger partial charge < -0.3 is 5.32 Å². The quantitative estimate of drug-likeness (QED) is 0.742. The van der Waals surface area contributed by atoms with Crippen LogP contribution >= 0.6 is 11.6 Å². The van der Waals surface area contributed by atoms with Gasteiger partial charge in [0.15, 0.2) is 5.78 Å². The molecule has 3 heteroatoms. The van der Waals surface area contributed by atoms with Gasteiger partial charge in [0.2, 0.25) is 0 Å². The lowest BCUT2D eigenvalue weighted by molar-refractivity contribution is 0.101. The number of halogens is 1. The SMILES string of the molecule is C.CNc1ccc(C(C)=O)c(Cl)c1. The van der Waals surface area contributed by atoms with Gasteiger partial charge in [-0.1, -0.05) is 19.0 Å². The number of hydrogen-bond acceptors (Lipinski definition) is 2. The highest BCUT2D eigenvalue weighted by molar-refractivity contribution is 6.34. The summed E-state index contributed by atoms with van der Waals surface area (Å²) in [5, 5.41) is 3.43. The third-order valence-corrected chi connectivity index (χ3v) is 1.95. The summed E-state index contributed by atoms with van der Waals surface area (Å²) < 4.78 is 0. The number of anilines is 1. The summed E-state index contributed by atoms with van der Waals surface area (Å²) in [6.45, 7) is 1.50. The molecule has 13 heavy (non-hydrogen) atoms. The summed E-state index contributed by atoms with van der Waals surface area (Å²) in [4.78, 5) is 11.0. The van der Waals surface area contributed by atoms with Crippen LogP contribution < -0.4 is 5.32 Å². The van der Waals surface area contributed by atoms with Crippen molar-refractivity contribution in [2.75, 3.05) is 12.4 Å². The number of carbonyl (C=O) groups excluding carboxylic acids is 1. The standard InChI is InChI=1S/C9H10ClNO.CH4/c1-6(12)8-4-3-7(11-2)5-9(8)10;/h3-5,11H,1-2H3;1H4. The molecule has 0 unspecified atom stereocenters.